The summed E-state index contributed by atoms with van der Waals surface area (Å²) >= 11 is 0. The molecule has 0 spiro atoms. The van der Waals surface area contributed by atoms with Gasteiger partial charge in [-0.2, -0.15) is 0 Å². The average Bonchev–Trinajstić information content (AvgIpc) is 2.48. The van der Waals surface area contributed by atoms with Gasteiger partial charge in [0, 0.05) is 26.1 Å². The number of nitrogens with zero attached hydrogens (tertiary/aromatic N) is 1. The van der Waals surface area contributed by atoms with Gasteiger partial charge in [0.25, 0.3) is 0 Å². The number of carbonyl (C=O) groups excluding carboxylic acids is 2. The Morgan fingerprint density at radius 2 is 1.95 bits per heavy atom. The third kappa shape index (κ3) is 2.48. The van der Waals surface area contributed by atoms with E-state index in [9.17, 15) is 9.59 Å². The second-order valence-corrected chi connectivity index (χ2v) is 5.57. The normalized spacial score (nSPS) is 30.6. The molecule has 0 unspecified atom stereocenters. The third-order valence-electron chi connectivity index (χ3n) is 4.68. The lowest BCUT2D eigenvalue weighted by molar-refractivity contribution is -0.145. The Labute approximate surface area is 114 Å². The van der Waals surface area contributed by atoms with Gasteiger partial charge < -0.3 is 15.0 Å². The number of carbonyl (C=O) groups is 2. The highest BCUT2D eigenvalue weighted by Gasteiger charge is 2.46. The lowest BCUT2D eigenvalue weighted by atomic mass is 9.85. The zero-order chi connectivity index (χ0) is 14.0. The Kier molecular flexibility index (Phi) is 4.13. The van der Waals surface area contributed by atoms with Crippen molar-refractivity contribution in [1.82, 2.24) is 10.2 Å². The molecular weight excluding hydrogens is 244 g/mol. The Balaban J connectivity index is 2.15. The van der Waals surface area contributed by atoms with E-state index in [4.69, 9.17) is 4.74 Å². The van der Waals surface area contributed by atoms with Gasteiger partial charge in [-0.3, -0.25) is 9.59 Å². The number of hydrogen-bond donors (Lipinski definition) is 1. The first kappa shape index (κ1) is 14.3. The molecule has 0 bridgehead atoms. The van der Waals surface area contributed by atoms with Crippen LogP contribution in [0.3, 0.4) is 0 Å². The fraction of sp³-hybridized carbons (Fsp3) is 0.857. The van der Waals surface area contributed by atoms with Crippen molar-refractivity contribution >= 4 is 11.8 Å². The molecule has 0 radical (unpaired) electrons. The van der Waals surface area contributed by atoms with Crippen LogP contribution in [0, 0.1) is 0 Å². The van der Waals surface area contributed by atoms with Crippen molar-refractivity contribution in [2.75, 3.05) is 13.7 Å². The van der Waals surface area contributed by atoms with E-state index in [0.29, 0.717) is 25.8 Å². The predicted molar refractivity (Wildman–Crippen MR) is 71.6 cm³/mol. The van der Waals surface area contributed by atoms with Gasteiger partial charge in [0.2, 0.25) is 11.8 Å². The van der Waals surface area contributed by atoms with Crippen LogP contribution < -0.4 is 5.32 Å². The van der Waals surface area contributed by atoms with Crippen LogP contribution in [0.15, 0.2) is 0 Å². The van der Waals surface area contributed by atoms with Gasteiger partial charge in [-0.25, -0.2) is 0 Å². The fourth-order valence-electron chi connectivity index (χ4n) is 3.04. The van der Waals surface area contributed by atoms with Gasteiger partial charge in [0.1, 0.15) is 5.54 Å². The van der Waals surface area contributed by atoms with Crippen molar-refractivity contribution < 1.29 is 14.3 Å². The second-order valence-electron chi connectivity index (χ2n) is 5.57. The van der Waals surface area contributed by atoms with Crippen LogP contribution in [-0.2, 0) is 14.3 Å². The lowest BCUT2D eigenvalue weighted by Crippen LogP contribution is -2.60. The van der Waals surface area contributed by atoms with Crippen molar-refractivity contribution in [3.8, 4) is 0 Å². The third-order valence-corrected chi connectivity index (χ3v) is 4.68. The molecule has 5 heteroatoms. The van der Waals surface area contributed by atoms with E-state index in [1.807, 2.05) is 18.7 Å². The van der Waals surface area contributed by atoms with Crippen LogP contribution in [0.25, 0.3) is 0 Å². The summed E-state index contributed by atoms with van der Waals surface area (Å²) < 4.78 is 5.28. The first-order valence-electron chi connectivity index (χ1n) is 7.21. The molecule has 1 aliphatic heterocycles. The molecule has 1 N–H and O–H groups in total. The van der Waals surface area contributed by atoms with Crippen LogP contribution in [-0.4, -0.2) is 48.1 Å². The molecule has 19 heavy (non-hydrogen) atoms. The maximum Gasteiger partial charge on any atom is 0.248 e. The van der Waals surface area contributed by atoms with E-state index in [1.165, 1.54) is 0 Å². The van der Waals surface area contributed by atoms with Crippen molar-refractivity contribution in [3.05, 3.63) is 0 Å². The van der Waals surface area contributed by atoms with Gasteiger partial charge in [-0.05, 0) is 25.7 Å². The number of hydrogen-bond acceptors (Lipinski definition) is 3. The van der Waals surface area contributed by atoms with E-state index in [2.05, 4.69) is 5.32 Å². The quantitative estimate of drug-likeness (QED) is 0.829. The van der Waals surface area contributed by atoms with Gasteiger partial charge in [0.05, 0.1) is 6.10 Å². The Morgan fingerprint density at radius 1 is 1.32 bits per heavy atom. The topological polar surface area (TPSA) is 58.6 Å². The number of methoxy groups -OCH3 is 1. The smallest absolute Gasteiger partial charge is 0.248 e. The summed E-state index contributed by atoms with van der Waals surface area (Å²) in [6, 6.07) is 0.239. The zero-order valence-electron chi connectivity index (χ0n) is 12.1. The summed E-state index contributed by atoms with van der Waals surface area (Å²) in [5, 5.41) is 2.94. The highest BCUT2D eigenvalue weighted by molar-refractivity contribution is 5.93. The Hall–Kier alpha value is -1.10. The molecule has 0 aromatic carbocycles. The molecule has 108 valence electrons. The Bertz CT molecular complexity index is 360. The molecule has 5 nitrogen and oxygen atoms in total. The van der Waals surface area contributed by atoms with E-state index in [1.54, 1.807) is 7.11 Å². The van der Waals surface area contributed by atoms with Crippen molar-refractivity contribution in [2.45, 2.75) is 63.6 Å². The lowest BCUT2D eigenvalue weighted by Gasteiger charge is -2.44. The molecule has 2 aliphatic rings. The SMILES string of the molecule is CCC1(CC)NC(=O)CCN(C2CC(OC)C2)C1=O. The molecule has 0 atom stereocenters. The summed E-state index contributed by atoms with van der Waals surface area (Å²) in [5.41, 5.74) is -0.703. The average molecular weight is 268 g/mol. The Morgan fingerprint density at radius 3 is 2.47 bits per heavy atom. The van der Waals surface area contributed by atoms with Gasteiger partial charge in [-0.1, -0.05) is 13.8 Å². The monoisotopic (exact) mass is 268 g/mol. The predicted octanol–water partition coefficient (Wildman–Crippen LogP) is 1.07. The van der Waals surface area contributed by atoms with Crippen LogP contribution in [0.2, 0.25) is 0 Å². The highest BCUT2D eigenvalue weighted by Crippen LogP contribution is 2.32. The summed E-state index contributed by atoms with van der Waals surface area (Å²) in [7, 11) is 1.71. The van der Waals surface area contributed by atoms with Crippen molar-refractivity contribution in [3.63, 3.8) is 0 Å². The molecule has 2 rings (SSSR count). The standard InChI is InChI=1S/C14H24N2O3/c1-4-14(5-2)13(18)16(7-6-12(17)15-14)10-8-11(9-10)19-3/h10-11H,4-9H2,1-3H3,(H,15,17). The second kappa shape index (κ2) is 5.49. The van der Waals surface area contributed by atoms with E-state index in [0.717, 1.165) is 12.8 Å². The van der Waals surface area contributed by atoms with Gasteiger partial charge in [0.15, 0.2) is 0 Å². The molecule has 1 saturated heterocycles. The molecule has 2 amide bonds. The van der Waals surface area contributed by atoms with E-state index < -0.39 is 5.54 Å². The van der Waals surface area contributed by atoms with Gasteiger partial charge >= 0.3 is 0 Å². The number of ether oxygens (including phenoxy) is 1. The minimum atomic E-state index is -0.703. The molecule has 0 aromatic heterocycles. The van der Waals surface area contributed by atoms with Crippen LogP contribution in [0.1, 0.15) is 46.0 Å². The highest BCUT2D eigenvalue weighted by atomic mass is 16.5. The largest absolute Gasteiger partial charge is 0.381 e. The van der Waals surface area contributed by atoms with Crippen LogP contribution >= 0.6 is 0 Å². The fourth-order valence-corrected chi connectivity index (χ4v) is 3.04. The van der Waals surface area contributed by atoms with Crippen molar-refractivity contribution in [1.29, 1.82) is 0 Å². The number of nitrogens with one attached hydrogen (secondary N) is 1. The maximum atomic E-state index is 12.8. The minimum absolute atomic E-state index is 0.0119. The number of amides is 2. The van der Waals surface area contributed by atoms with E-state index in [-0.39, 0.29) is 24.0 Å². The summed E-state index contributed by atoms with van der Waals surface area (Å²) in [6.07, 6.45) is 3.74. The molecule has 1 aliphatic carbocycles. The zero-order valence-corrected chi connectivity index (χ0v) is 12.1. The first-order valence-corrected chi connectivity index (χ1v) is 7.21. The van der Waals surface area contributed by atoms with Crippen LogP contribution in [0.5, 0.6) is 0 Å². The summed E-state index contributed by atoms with van der Waals surface area (Å²) in [5.74, 6) is 0.0741. The molecule has 2 fully saturated rings. The van der Waals surface area contributed by atoms with E-state index >= 15 is 0 Å². The molecular formula is C14H24N2O3. The molecule has 1 heterocycles. The first-order chi connectivity index (χ1) is 9.06. The molecule has 1 saturated carbocycles. The molecule has 0 aromatic rings. The summed E-state index contributed by atoms with van der Waals surface area (Å²) in [4.78, 5) is 26.5. The number of rotatable bonds is 4. The summed E-state index contributed by atoms with van der Waals surface area (Å²) in [6.45, 7) is 4.46. The van der Waals surface area contributed by atoms with Crippen LogP contribution in [0.4, 0.5) is 0 Å². The van der Waals surface area contributed by atoms with Gasteiger partial charge in [-0.15, -0.1) is 0 Å². The van der Waals surface area contributed by atoms with Crippen molar-refractivity contribution in [2.24, 2.45) is 0 Å². The minimum Gasteiger partial charge on any atom is -0.381 e. The maximum absolute atomic E-state index is 12.8.